The molecule has 0 bridgehead atoms. The summed E-state index contributed by atoms with van der Waals surface area (Å²) in [7, 11) is -4.23. The number of ether oxygens (including phenoxy) is 2. The fourth-order valence-corrected chi connectivity index (χ4v) is 7.03. The maximum atomic E-state index is 15.7. The lowest BCUT2D eigenvalue weighted by molar-refractivity contribution is 0.0124. The average Bonchev–Trinajstić information content (AvgIpc) is 3.06. The standard InChI is InChI=1S/C37H37F3N6O5S/c1-22-12-13-25-26(14-15-29(40)32(25)46(52(5,48)49)31-11-7-6-10-28(31)39)33(22)50-34-27(9-8-17-41-34)30-16-18-42-35(44-30)43-24-19-23(38)20-45(21-24)36(47)51-37(2,3)4/h6-18,23-24H,19-21H2,1-5H3,(H,42,43,44). The maximum absolute atomic E-state index is 15.7. The lowest BCUT2D eigenvalue weighted by Crippen LogP contribution is -2.51. The van der Waals surface area contributed by atoms with Gasteiger partial charge in [-0.3, -0.25) is 0 Å². The first-order valence-electron chi connectivity index (χ1n) is 16.4. The summed E-state index contributed by atoms with van der Waals surface area (Å²) in [5.41, 5.74) is 0.0447. The number of pyridine rings is 1. The van der Waals surface area contributed by atoms with Gasteiger partial charge in [0, 0.05) is 42.2 Å². The number of nitrogens with zero attached hydrogens (tertiary/aromatic N) is 5. The zero-order valence-electron chi connectivity index (χ0n) is 29.1. The molecule has 3 aromatic carbocycles. The van der Waals surface area contributed by atoms with E-state index in [1.54, 1.807) is 58.0 Å². The Morgan fingerprint density at radius 3 is 2.42 bits per heavy atom. The molecule has 0 spiro atoms. The molecular formula is C37H37F3N6O5S. The lowest BCUT2D eigenvalue weighted by Gasteiger charge is -2.36. The molecule has 0 saturated carbocycles. The highest BCUT2D eigenvalue weighted by atomic mass is 32.2. The van der Waals surface area contributed by atoms with Gasteiger partial charge in [0.05, 0.1) is 29.7 Å². The second kappa shape index (κ2) is 14.3. The number of piperidine rings is 1. The highest BCUT2D eigenvalue weighted by molar-refractivity contribution is 7.92. The second-order valence-corrected chi connectivity index (χ2v) is 15.3. The number of hydrogen-bond donors (Lipinski definition) is 1. The highest BCUT2D eigenvalue weighted by Crippen LogP contribution is 2.43. The topological polar surface area (TPSA) is 127 Å². The summed E-state index contributed by atoms with van der Waals surface area (Å²) in [5, 5.41) is 3.63. The van der Waals surface area contributed by atoms with Crippen molar-refractivity contribution >= 4 is 44.2 Å². The van der Waals surface area contributed by atoms with Gasteiger partial charge < -0.3 is 19.7 Å². The van der Waals surface area contributed by atoms with Gasteiger partial charge in [0.15, 0.2) is 0 Å². The Hall–Kier alpha value is -5.44. The fourth-order valence-electron chi connectivity index (χ4n) is 6.01. The van der Waals surface area contributed by atoms with Gasteiger partial charge in [0.1, 0.15) is 34.8 Å². The molecule has 3 heterocycles. The molecule has 15 heteroatoms. The molecular weight excluding hydrogens is 698 g/mol. The molecule has 52 heavy (non-hydrogen) atoms. The van der Waals surface area contributed by atoms with Crippen LogP contribution in [0.3, 0.4) is 0 Å². The van der Waals surface area contributed by atoms with Crippen LogP contribution in [0.2, 0.25) is 0 Å². The minimum absolute atomic E-state index is 0.0818. The number of aryl methyl sites for hydroxylation is 1. The van der Waals surface area contributed by atoms with E-state index in [1.165, 1.54) is 41.6 Å². The molecule has 1 N–H and O–H groups in total. The van der Waals surface area contributed by atoms with E-state index < -0.39 is 45.6 Å². The smallest absolute Gasteiger partial charge is 0.410 e. The van der Waals surface area contributed by atoms with Crippen molar-refractivity contribution in [1.82, 2.24) is 19.9 Å². The number of para-hydroxylation sites is 1. The zero-order chi connectivity index (χ0) is 37.4. The minimum Gasteiger partial charge on any atom is -0.444 e. The molecule has 2 unspecified atom stereocenters. The highest BCUT2D eigenvalue weighted by Gasteiger charge is 2.33. The molecule has 5 aromatic rings. The normalized spacial score (nSPS) is 16.4. The van der Waals surface area contributed by atoms with Crippen molar-refractivity contribution in [2.24, 2.45) is 0 Å². The molecule has 272 valence electrons. The van der Waals surface area contributed by atoms with E-state index in [9.17, 15) is 22.0 Å². The number of fused-ring (bicyclic) bond motifs is 1. The van der Waals surface area contributed by atoms with Crippen molar-refractivity contribution in [2.45, 2.75) is 51.9 Å². The number of nitrogens with one attached hydrogen (secondary N) is 1. The third-order valence-electron chi connectivity index (χ3n) is 8.16. The average molecular weight is 735 g/mol. The van der Waals surface area contributed by atoms with Crippen LogP contribution in [0.1, 0.15) is 32.8 Å². The molecule has 2 aromatic heterocycles. The third-order valence-corrected chi connectivity index (χ3v) is 9.21. The van der Waals surface area contributed by atoms with Crippen LogP contribution >= 0.6 is 0 Å². The molecule has 0 radical (unpaired) electrons. The Balaban J connectivity index is 1.34. The van der Waals surface area contributed by atoms with E-state index in [4.69, 9.17) is 9.47 Å². The number of rotatable bonds is 8. The molecule has 1 amide bonds. The molecule has 1 saturated heterocycles. The van der Waals surface area contributed by atoms with Crippen molar-refractivity contribution < 1.29 is 35.9 Å². The largest absolute Gasteiger partial charge is 0.444 e. The van der Waals surface area contributed by atoms with Gasteiger partial charge in [-0.1, -0.05) is 24.3 Å². The Morgan fingerprint density at radius 1 is 0.942 bits per heavy atom. The molecule has 11 nitrogen and oxygen atoms in total. The Labute approximate surface area is 299 Å². The van der Waals surface area contributed by atoms with Gasteiger partial charge in [0.25, 0.3) is 0 Å². The van der Waals surface area contributed by atoms with E-state index in [2.05, 4.69) is 20.3 Å². The second-order valence-electron chi connectivity index (χ2n) is 13.5. The van der Waals surface area contributed by atoms with Crippen LogP contribution < -0.4 is 14.4 Å². The first-order valence-corrected chi connectivity index (χ1v) is 18.3. The van der Waals surface area contributed by atoms with Crippen molar-refractivity contribution in [3.05, 3.63) is 96.3 Å². The van der Waals surface area contributed by atoms with Gasteiger partial charge in [-0.2, -0.15) is 0 Å². The summed E-state index contributed by atoms with van der Waals surface area (Å²) in [5.74, 6) is -1.17. The summed E-state index contributed by atoms with van der Waals surface area (Å²) in [6.45, 7) is 7.09. The predicted molar refractivity (Wildman–Crippen MR) is 192 cm³/mol. The molecule has 1 aliphatic heterocycles. The van der Waals surface area contributed by atoms with E-state index in [-0.39, 0.29) is 53.8 Å². The van der Waals surface area contributed by atoms with Crippen LogP contribution in [-0.4, -0.2) is 71.5 Å². The Morgan fingerprint density at radius 2 is 1.69 bits per heavy atom. The number of alkyl halides is 1. The van der Waals surface area contributed by atoms with Crippen molar-refractivity contribution in [3.63, 3.8) is 0 Å². The number of anilines is 3. The number of halogens is 3. The van der Waals surface area contributed by atoms with Gasteiger partial charge in [0.2, 0.25) is 21.9 Å². The number of carbonyl (C=O) groups is 1. The number of benzene rings is 3. The number of likely N-dealkylation sites (tertiary alicyclic amines) is 1. The van der Waals surface area contributed by atoms with Gasteiger partial charge >= 0.3 is 6.09 Å². The molecule has 1 aliphatic rings. The summed E-state index contributed by atoms with van der Waals surface area (Å²) in [6.07, 6.45) is 2.14. The lowest BCUT2D eigenvalue weighted by atomic mass is 10.0. The SMILES string of the molecule is Cc1ccc2c(N(c3ccccc3F)S(C)(=O)=O)c(F)ccc2c1Oc1ncccc1-c1ccnc(NC2CC(F)CN(C(=O)OC(C)(C)C)C2)n1. The Kier molecular flexibility index (Phi) is 9.99. The van der Waals surface area contributed by atoms with E-state index in [0.717, 1.165) is 18.4 Å². The van der Waals surface area contributed by atoms with Crippen molar-refractivity contribution in [3.8, 4) is 22.9 Å². The number of hydrogen-bond acceptors (Lipinski definition) is 9. The molecule has 1 fully saturated rings. The number of sulfonamides is 1. The first kappa shape index (κ1) is 36.4. The fraction of sp³-hybridized carbons (Fsp3) is 0.297. The maximum Gasteiger partial charge on any atom is 0.410 e. The minimum atomic E-state index is -4.23. The van der Waals surface area contributed by atoms with E-state index >= 15 is 4.39 Å². The number of amides is 1. The third kappa shape index (κ3) is 7.88. The summed E-state index contributed by atoms with van der Waals surface area (Å²) in [4.78, 5) is 27.4. The molecule has 0 aliphatic carbocycles. The van der Waals surface area contributed by atoms with Crippen molar-refractivity contribution in [2.75, 3.05) is 29.0 Å². The van der Waals surface area contributed by atoms with E-state index in [1.807, 2.05) is 0 Å². The zero-order valence-corrected chi connectivity index (χ0v) is 29.9. The summed E-state index contributed by atoms with van der Waals surface area (Å²) >= 11 is 0. The molecule has 2 atom stereocenters. The van der Waals surface area contributed by atoms with Crippen LogP contribution in [0.25, 0.3) is 22.0 Å². The summed E-state index contributed by atoms with van der Waals surface area (Å²) in [6, 6.07) is 15.5. The summed E-state index contributed by atoms with van der Waals surface area (Å²) < 4.78 is 84.1. The monoisotopic (exact) mass is 734 g/mol. The van der Waals surface area contributed by atoms with Crippen LogP contribution in [0.15, 0.2) is 79.1 Å². The quantitative estimate of drug-likeness (QED) is 0.169. The van der Waals surface area contributed by atoms with Crippen LogP contribution in [-0.2, 0) is 14.8 Å². The molecule has 6 rings (SSSR count). The van der Waals surface area contributed by atoms with Gasteiger partial charge in [-0.05, 0) is 75.7 Å². The van der Waals surface area contributed by atoms with Gasteiger partial charge in [-0.25, -0.2) is 45.6 Å². The van der Waals surface area contributed by atoms with Crippen LogP contribution in [0, 0.1) is 18.6 Å². The van der Waals surface area contributed by atoms with Crippen LogP contribution in [0.5, 0.6) is 11.6 Å². The number of aromatic nitrogens is 3. The van der Waals surface area contributed by atoms with Crippen molar-refractivity contribution in [1.29, 1.82) is 0 Å². The van der Waals surface area contributed by atoms with E-state index in [0.29, 0.717) is 26.5 Å². The number of carbonyl (C=O) groups excluding carboxylic acids is 1. The van der Waals surface area contributed by atoms with Gasteiger partial charge in [-0.15, -0.1) is 0 Å². The first-order chi connectivity index (χ1) is 24.6. The van der Waals surface area contributed by atoms with Crippen LogP contribution in [0.4, 0.5) is 35.3 Å². The Bertz CT molecular complexity index is 2250. The predicted octanol–water partition coefficient (Wildman–Crippen LogP) is 7.93.